The van der Waals surface area contributed by atoms with Gasteiger partial charge in [0.1, 0.15) is 11.5 Å². The Kier molecular flexibility index (Phi) is 4.83. The second kappa shape index (κ2) is 7.57. The lowest BCUT2D eigenvalue weighted by Crippen LogP contribution is -2.48. The maximum atomic E-state index is 14.6. The largest absolute Gasteiger partial charge is 0.417 e. The lowest BCUT2D eigenvalue weighted by atomic mass is 10.0. The molecule has 0 spiro atoms. The Labute approximate surface area is 180 Å². The topological polar surface area (TPSA) is 75.9 Å². The molecule has 2 aliphatic rings. The van der Waals surface area contributed by atoms with Crippen LogP contribution in [0.2, 0.25) is 0 Å². The van der Waals surface area contributed by atoms with Gasteiger partial charge in [-0.3, -0.25) is 4.79 Å². The number of pyridine rings is 1. The Bertz CT molecular complexity index is 1130. The second-order valence-corrected chi connectivity index (χ2v) is 8.00. The van der Waals surface area contributed by atoms with Crippen molar-refractivity contribution >= 4 is 11.7 Å². The van der Waals surface area contributed by atoms with Crippen LogP contribution in [0.25, 0.3) is 5.69 Å². The molecule has 32 heavy (non-hydrogen) atoms. The summed E-state index contributed by atoms with van der Waals surface area (Å²) in [6.07, 6.45) is 0.662. The van der Waals surface area contributed by atoms with Gasteiger partial charge < -0.3 is 10.2 Å². The average molecular weight is 446 g/mol. The molecule has 1 amide bonds. The molecule has 3 aromatic rings. The van der Waals surface area contributed by atoms with E-state index in [4.69, 9.17) is 0 Å². The number of carbonyl (C=O) groups is 1. The molecule has 1 aliphatic heterocycles. The zero-order chi connectivity index (χ0) is 22.5. The molecule has 11 heteroatoms. The fourth-order valence-electron chi connectivity index (χ4n) is 4.63. The van der Waals surface area contributed by atoms with Crippen molar-refractivity contribution in [3.8, 4) is 5.69 Å². The summed E-state index contributed by atoms with van der Waals surface area (Å²) >= 11 is 0. The van der Waals surface area contributed by atoms with E-state index < -0.39 is 17.6 Å². The summed E-state index contributed by atoms with van der Waals surface area (Å²) < 4.78 is 52.9. The molecule has 166 valence electrons. The summed E-state index contributed by atoms with van der Waals surface area (Å²) in [6, 6.07) is 6.16. The highest BCUT2D eigenvalue weighted by Crippen LogP contribution is 2.40. The number of hydrogen-bond donors (Lipinski definition) is 1. The van der Waals surface area contributed by atoms with Crippen LogP contribution in [0.4, 0.5) is 23.4 Å². The number of carbonyl (C=O) groups excluding carboxylic acids is 1. The molecule has 7 nitrogen and oxygen atoms in total. The van der Waals surface area contributed by atoms with Crippen molar-refractivity contribution in [3.05, 3.63) is 65.9 Å². The van der Waals surface area contributed by atoms with Gasteiger partial charge in [0.25, 0.3) is 5.91 Å². The standard InChI is InChI=1S/C21H18F4N6O/c22-15-3-1-2-14(19(15)31-27-6-7-28-31)20(32)30-11-12-8-16(17(30)9-12)29-18-5-4-13(10-26-18)21(23,24)25/h1-7,10,12,16-17H,8-9,11H2,(H,26,29)/t12-,16+,17-/m0/s1. The number of fused-ring (bicyclic) bond motifs is 2. The van der Waals surface area contributed by atoms with Gasteiger partial charge in [0.05, 0.1) is 29.6 Å². The Morgan fingerprint density at radius 3 is 2.53 bits per heavy atom. The first-order valence-electron chi connectivity index (χ1n) is 10.1. The van der Waals surface area contributed by atoms with Crippen molar-refractivity contribution in [1.29, 1.82) is 0 Å². The van der Waals surface area contributed by atoms with E-state index in [2.05, 4.69) is 20.5 Å². The minimum atomic E-state index is -4.45. The van der Waals surface area contributed by atoms with E-state index in [1.54, 1.807) is 4.90 Å². The molecule has 1 N–H and O–H groups in total. The van der Waals surface area contributed by atoms with Gasteiger partial charge in [0, 0.05) is 18.8 Å². The highest BCUT2D eigenvalue weighted by molar-refractivity contribution is 5.98. The molecule has 1 aliphatic carbocycles. The Hall–Kier alpha value is -3.50. The summed E-state index contributed by atoms with van der Waals surface area (Å²) in [5.74, 6) is -0.387. The first-order valence-corrected chi connectivity index (χ1v) is 10.1. The van der Waals surface area contributed by atoms with Crippen LogP contribution in [0.3, 0.4) is 0 Å². The number of nitrogens with zero attached hydrogens (tertiary/aromatic N) is 5. The maximum Gasteiger partial charge on any atom is 0.417 e. The highest BCUT2D eigenvalue weighted by Gasteiger charge is 2.47. The van der Waals surface area contributed by atoms with E-state index in [1.807, 2.05) is 0 Å². The van der Waals surface area contributed by atoms with Crippen molar-refractivity contribution in [1.82, 2.24) is 24.9 Å². The summed E-state index contributed by atoms with van der Waals surface area (Å²) in [6.45, 7) is 0.532. The van der Waals surface area contributed by atoms with E-state index in [1.165, 1.54) is 36.7 Å². The molecule has 5 rings (SSSR count). The SMILES string of the molecule is O=C(c1cccc(F)c1-n1nccn1)N1C[C@H]2C[C@@H](Nc3ccc(C(F)(F)F)cn3)[C@@H]1C2. The van der Waals surface area contributed by atoms with Gasteiger partial charge in [-0.2, -0.15) is 23.4 Å². The van der Waals surface area contributed by atoms with Crippen LogP contribution < -0.4 is 5.32 Å². The number of aromatic nitrogens is 4. The van der Waals surface area contributed by atoms with E-state index in [0.29, 0.717) is 12.4 Å². The van der Waals surface area contributed by atoms with Crippen molar-refractivity contribution < 1.29 is 22.4 Å². The predicted molar refractivity (Wildman–Crippen MR) is 106 cm³/mol. The predicted octanol–water partition coefficient (Wildman–Crippen LogP) is 3.54. The monoisotopic (exact) mass is 446 g/mol. The third-order valence-corrected chi connectivity index (χ3v) is 6.00. The van der Waals surface area contributed by atoms with Gasteiger partial charge in [0.2, 0.25) is 0 Å². The summed E-state index contributed by atoms with van der Waals surface area (Å²) in [4.78, 5) is 20.0. The molecule has 2 aromatic heterocycles. The molecule has 2 fully saturated rings. The molecule has 0 radical (unpaired) electrons. The quantitative estimate of drug-likeness (QED) is 0.621. The van der Waals surface area contributed by atoms with Gasteiger partial charge in [-0.25, -0.2) is 9.37 Å². The number of anilines is 1. The normalized spacial score (nSPS) is 22.4. The van der Waals surface area contributed by atoms with Crippen LogP contribution >= 0.6 is 0 Å². The van der Waals surface area contributed by atoms with Crippen molar-refractivity contribution in [2.75, 3.05) is 11.9 Å². The van der Waals surface area contributed by atoms with Crippen LogP contribution in [0.5, 0.6) is 0 Å². The molecule has 1 aromatic carbocycles. The average Bonchev–Trinajstić information content (AvgIpc) is 3.50. The smallest absolute Gasteiger partial charge is 0.365 e. The summed E-state index contributed by atoms with van der Waals surface area (Å²) in [7, 11) is 0. The van der Waals surface area contributed by atoms with Gasteiger partial charge in [-0.1, -0.05) is 6.07 Å². The molecule has 2 bridgehead atoms. The number of benzene rings is 1. The summed E-state index contributed by atoms with van der Waals surface area (Å²) in [5.41, 5.74) is -0.682. The van der Waals surface area contributed by atoms with E-state index in [-0.39, 0.29) is 35.2 Å². The molecule has 1 saturated carbocycles. The third kappa shape index (κ3) is 3.57. The van der Waals surface area contributed by atoms with Crippen LogP contribution in [-0.2, 0) is 6.18 Å². The number of amides is 1. The zero-order valence-corrected chi connectivity index (χ0v) is 16.6. The number of para-hydroxylation sites is 1. The molecule has 3 atom stereocenters. The molecule has 1 saturated heterocycles. The number of piperidine rings is 1. The number of likely N-dealkylation sites (tertiary alicyclic amines) is 1. The number of nitrogens with one attached hydrogen (secondary N) is 1. The lowest BCUT2D eigenvalue weighted by Gasteiger charge is -2.34. The Morgan fingerprint density at radius 1 is 1.09 bits per heavy atom. The van der Waals surface area contributed by atoms with E-state index in [0.717, 1.165) is 29.9 Å². The molecular weight excluding hydrogens is 428 g/mol. The van der Waals surface area contributed by atoms with Gasteiger partial charge >= 0.3 is 6.18 Å². The minimum Gasteiger partial charge on any atom is -0.365 e. The first-order chi connectivity index (χ1) is 15.3. The highest BCUT2D eigenvalue weighted by atomic mass is 19.4. The van der Waals surface area contributed by atoms with Crippen LogP contribution in [0.15, 0.2) is 48.9 Å². The number of halogens is 4. The van der Waals surface area contributed by atoms with Crippen LogP contribution in [0.1, 0.15) is 28.8 Å². The zero-order valence-electron chi connectivity index (χ0n) is 16.6. The first kappa shape index (κ1) is 20.4. The fraction of sp³-hybridized carbons (Fsp3) is 0.333. The second-order valence-electron chi connectivity index (χ2n) is 8.00. The molecule has 0 unspecified atom stereocenters. The van der Waals surface area contributed by atoms with Crippen molar-refractivity contribution in [3.63, 3.8) is 0 Å². The number of rotatable bonds is 4. The van der Waals surface area contributed by atoms with Crippen molar-refractivity contribution in [2.45, 2.75) is 31.1 Å². The fourth-order valence-corrected chi connectivity index (χ4v) is 4.63. The van der Waals surface area contributed by atoms with Crippen LogP contribution in [0, 0.1) is 11.7 Å². The van der Waals surface area contributed by atoms with Crippen molar-refractivity contribution in [2.24, 2.45) is 5.92 Å². The van der Waals surface area contributed by atoms with Gasteiger partial charge in [0.15, 0.2) is 5.82 Å². The van der Waals surface area contributed by atoms with Gasteiger partial charge in [-0.05, 0) is 43.0 Å². The number of hydrogen-bond acceptors (Lipinski definition) is 5. The third-order valence-electron chi connectivity index (χ3n) is 6.00. The number of alkyl halides is 3. The van der Waals surface area contributed by atoms with Crippen LogP contribution in [-0.4, -0.2) is 49.4 Å². The van der Waals surface area contributed by atoms with Gasteiger partial charge in [-0.15, -0.1) is 4.80 Å². The molecular formula is C21H18F4N6O. The maximum absolute atomic E-state index is 14.6. The lowest BCUT2D eigenvalue weighted by molar-refractivity contribution is -0.137. The van der Waals surface area contributed by atoms with E-state index >= 15 is 0 Å². The molecule has 3 heterocycles. The Morgan fingerprint density at radius 2 is 1.88 bits per heavy atom. The summed E-state index contributed by atoms with van der Waals surface area (Å²) in [5, 5.41) is 11.1. The van der Waals surface area contributed by atoms with E-state index in [9.17, 15) is 22.4 Å². The minimum absolute atomic E-state index is 0.0146. The Balaban J connectivity index is 1.37.